The van der Waals surface area contributed by atoms with Gasteiger partial charge in [-0.1, -0.05) is 25.1 Å². The van der Waals surface area contributed by atoms with Crippen LogP contribution in [0.5, 0.6) is 17.2 Å². The van der Waals surface area contributed by atoms with Crippen molar-refractivity contribution in [3.63, 3.8) is 0 Å². The van der Waals surface area contributed by atoms with Crippen molar-refractivity contribution < 1.29 is 27.1 Å². The molecule has 0 bridgehead atoms. The molecule has 1 aromatic heterocycles. The molecule has 0 radical (unpaired) electrons. The molecule has 0 aliphatic heterocycles. The average Bonchev–Trinajstić information content (AvgIpc) is 2.88. The van der Waals surface area contributed by atoms with Crippen LogP contribution in [0, 0.1) is 12.4 Å². The summed E-state index contributed by atoms with van der Waals surface area (Å²) in [6.45, 7) is 9.94. The smallest absolute Gasteiger partial charge is 0.229 e. The Morgan fingerprint density at radius 2 is 1.87 bits per heavy atom. The standard InChI is InChI=1S/C29H25FN2O5S/c1-4-12-36-29-18-26-24(17-27(29)31-2)28(10-11-32-26)37-22-9-8-20(25(30)16-22)15-21(33)13-19-6-5-7-23(14-19)38(3,34)35/h5-11,14,16-18H,4,12-13,15H2,1,3H3. The predicted octanol–water partition coefficient (Wildman–Crippen LogP) is 6.26. The van der Waals surface area contributed by atoms with Crippen molar-refractivity contribution in [3.05, 3.63) is 95.2 Å². The van der Waals surface area contributed by atoms with Gasteiger partial charge in [0.1, 0.15) is 28.8 Å². The lowest BCUT2D eigenvalue weighted by atomic mass is 10.0. The zero-order valence-corrected chi connectivity index (χ0v) is 21.7. The fourth-order valence-electron chi connectivity index (χ4n) is 3.89. The van der Waals surface area contributed by atoms with E-state index >= 15 is 0 Å². The number of benzene rings is 3. The molecule has 9 heteroatoms. The van der Waals surface area contributed by atoms with Crippen molar-refractivity contribution in [3.8, 4) is 17.2 Å². The molecule has 1 heterocycles. The van der Waals surface area contributed by atoms with Gasteiger partial charge in [0.2, 0.25) is 5.69 Å². The van der Waals surface area contributed by atoms with Crippen molar-refractivity contribution in [2.75, 3.05) is 12.9 Å². The number of pyridine rings is 1. The average molecular weight is 533 g/mol. The van der Waals surface area contributed by atoms with Gasteiger partial charge in [0, 0.05) is 36.7 Å². The molecule has 0 N–H and O–H groups in total. The van der Waals surface area contributed by atoms with Gasteiger partial charge >= 0.3 is 0 Å². The molecular formula is C29H25FN2O5S. The highest BCUT2D eigenvalue weighted by molar-refractivity contribution is 7.90. The van der Waals surface area contributed by atoms with E-state index in [-0.39, 0.29) is 34.8 Å². The zero-order valence-electron chi connectivity index (χ0n) is 20.9. The third-order valence-corrected chi connectivity index (χ3v) is 6.84. The van der Waals surface area contributed by atoms with E-state index in [0.29, 0.717) is 40.3 Å². The maximum absolute atomic E-state index is 14.9. The molecule has 7 nitrogen and oxygen atoms in total. The summed E-state index contributed by atoms with van der Waals surface area (Å²) in [5.74, 6) is 0.216. The minimum absolute atomic E-state index is 0.0165. The van der Waals surface area contributed by atoms with E-state index in [1.54, 1.807) is 42.6 Å². The number of carbonyl (C=O) groups is 1. The van der Waals surface area contributed by atoms with Crippen LogP contribution in [0.25, 0.3) is 15.7 Å². The van der Waals surface area contributed by atoms with E-state index in [1.807, 2.05) is 6.92 Å². The molecule has 0 saturated heterocycles. The lowest BCUT2D eigenvalue weighted by Crippen LogP contribution is -2.09. The quantitative estimate of drug-likeness (QED) is 0.224. The van der Waals surface area contributed by atoms with Crippen LogP contribution in [0.3, 0.4) is 0 Å². The topological polar surface area (TPSA) is 86.9 Å². The molecule has 0 fully saturated rings. The number of fused-ring (bicyclic) bond motifs is 1. The molecular weight excluding hydrogens is 507 g/mol. The van der Waals surface area contributed by atoms with E-state index in [9.17, 15) is 17.6 Å². The van der Waals surface area contributed by atoms with Gasteiger partial charge in [0.25, 0.3) is 0 Å². The second-order valence-electron chi connectivity index (χ2n) is 8.77. The monoisotopic (exact) mass is 532 g/mol. The molecule has 0 saturated carbocycles. The second-order valence-corrected chi connectivity index (χ2v) is 10.8. The number of Topliss-reactive ketones (excluding diaryl/α,β-unsaturated/α-hetero) is 1. The fraction of sp³-hybridized carbons (Fsp3) is 0.207. The highest BCUT2D eigenvalue weighted by Gasteiger charge is 2.15. The van der Waals surface area contributed by atoms with Gasteiger partial charge in [0.05, 0.1) is 23.6 Å². The Morgan fingerprint density at radius 3 is 2.58 bits per heavy atom. The molecule has 4 aromatic rings. The first kappa shape index (κ1) is 26.8. The number of rotatable bonds is 10. The number of sulfone groups is 1. The Bertz CT molecular complexity index is 1660. The minimum atomic E-state index is -3.39. The molecule has 0 aliphatic rings. The first-order valence-corrected chi connectivity index (χ1v) is 13.8. The van der Waals surface area contributed by atoms with Gasteiger partial charge in [-0.3, -0.25) is 9.78 Å². The van der Waals surface area contributed by atoms with Gasteiger partial charge in [-0.2, -0.15) is 0 Å². The second kappa shape index (κ2) is 11.4. The zero-order chi connectivity index (χ0) is 27.3. The molecule has 194 valence electrons. The molecule has 0 amide bonds. The Kier molecular flexibility index (Phi) is 8.03. The maximum atomic E-state index is 14.9. The summed E-state index contributed by atoms with van der Waals surface area (Å²) in [7, 11) is -3.39. The van der Waals surface area contributed by atoms with Gasteiger partial charge in [-0.15, -0.1) is 0 Å². The summed E-state index contributed by atoms with van der Waals surface area (Å²) >= 11 is 0. The lowest BCUT2D eigenvalue weighted by Gasteiger charge is -2.12. The van der Waals surface area contributed by atoms with E-state index in [1.165, 1.54) is 24.3 Å². The molecule has 0 spiro atoms. The van der Waals surface area contributed by atoms with Crippen LogP contribution >= 0.6 is 0 Å². The van der Waals surface area contributed by atoms with Crippen molar-refractivity contribution in [1.29, 1.82) is 0 Å². The molecule has 0 unspecified atom stereocenters. The number of halogens is 1. The lowest BCUT2D eigenvalue weighted by molar-refractivity contribution is -0.117. The van der Waals surface area contributed by atoms with Crippen LogP contribution in [0.15, 0.2) is 71.8 Å². The number of hydrogen-bond acceptors (Lipinski definition) is 6. The minimum Gasteiger partial charge on any atom is -0.505 e. The van der Waals surface area contributed by atoms with Gasteiger partial charge in [-0.25, -0.2) is 17.7 Å². The van der Waals surface area contributed by atoms with Crippen LogP contribution in [0.2, 0.25) is 0 Å². The third kappa shape index (κ3) is 6.33. The Hall–Kier alpha value is -4.29. The van der Waals surface area contributed by atoms with E-state index < -0.39 is 15.7 Å². The van der Waals surface area contributed by atoms with Crippen LogP contribution in [0.1, 0.15) is 24.5 Å². The largest absolute Gasteiger partial charge is 0.505 e. The Labute approximate surface area is 220 Å². The van der Waals surface area contributed by atoms with Crippen molar-refractivity contribution in [2.45, 2.75) is 31.1 Å². The Balaban J connectivity index is 1.51. The molecule has 0 atom stereocenters. The van der Waals surface area contributed by atoms with Gasteiger partial charge in [0.15, 0.2) is 9.84 Å². The van der Waals surface area contributed by atoms with E-state index in [0.717, 1.165) is 12.7 Å². The number of ether oxygens (including phenoxy) is 2. The maximum Gasteiger partial charge on any atom is 0.229 e. The van der Waals surface area contributed by atoms with Crippen LogP contribution in [-0.4, -0.2) is 32.0 Å². The van der Waals surface area contributed by atoms with Gasteiger partial charge in [-0.05, 0) is 53.9 Å². The summed E-state index contributed by atoms with van der Waals surface area (Å²) in [4.78, 5) is 20.6. The summed E-state index contributed by atoms with van der Waals surface area (Å²) < 4.78 is 50.0. The summed E-state index contributed by atoms with van der Waals surface area (Å²) in [6, 6.07) is 15.4. The highest BCUT2D eigenvalue weighted by atomic mass is 32.2. The first-order valence-electron chi connectivity index (χ1n) is 11.9. The van der Waals surface area contributed by atoms with Gasteiger partial charge < -0.3 is 9.47 Å². The summed E-state index contributed by atoms with van der Waals surface area (Å²) in [5.41, 5.74) is 1.65. The number of nitrogens with zero attached hydrogens (tertiary/aromatic N) is 2. The molecule has 0 aliphatic carbocycles. The molecule has 3 aromatic carbocycles. The summed E-state index contributed by atoms with van der Waals surface area (Å²) in [6.07, 6.45) is 3.29. The number of carbonyl (C=O) groups excluding carboxylic acids is 1. The van der Waals surface area contributed by atoms with Crippen LogP contribution in [0.4, 0.5) is 10.1 Å². The number of ketones is 1. The van der Waals surface area contributed by atoms with Crippen molar-refractivity contribution in [1.82, 2.24) is 4.98 Å². The fourth-order valence-corrected chi connectivity index (χ4v) is 4.58. The SMILES string of the molecule is [C-]#[N+]c1cc2c(Oc3ccc(CC(=O)Cc4cccc(S(C)(=O)=O)c4)c(F)c3)ccnc2cc1OCCC. The Morgan fingerprint density at radius 1 is 1.05 bits per heavy atom. The molecule has 4 rings (SSSR count). The van der Waals surface area contributed by atoms with Crippen LogP contribution in [-0.2, 0) is 27.5 Å². The normalized spacial score (nSPS) is 11.2. The summed E-state index contributed by atoms with van der Waals surface area (Å²) in [5, 5.41) is 0.582. The predicted molar refractivity (Wildman–Crippen MR) is 142 cm³/mol. The highest BCUT2D eigenvalue weighted by Crippen LogP contribution is 2.37. The van der Waals surface area contributed by atoms with Crippen LogP contribution < -0.4 is 9.47 Å². The van der Waals surface area contributed by atoms with Crippen molar-refractivity contribution in [2.24, 2.45) is 0 Å². The molecule has 38 heavy (non-hydrogen) atoms. The third-order valence-electron chi connectivity index (χ3n) is 5.73. The number of hydrogen-bond donors (Lipinski definition) is 0. The van der Waals surface area contributed by atoms with Crippen molar-refractivity contribution >= 4 is 32.2 Å². The van der Waals surface area contributed by atoms with E-state index in [4.69, 9.17) is 16.0 Å². The van der Waals surface area contributed by atoms with E-state index in [2.05, 4.69) is 9.83 Å². The first-order chi connectivity index (χ1) is 18.2. The number of aromatic nitrogens is 1.